The third kappa shape index (κ3) is 6.51. The highest BCUT2D eigenvalue weighted by Gasteiger charge is 2.42. The van der Waals surface area contributed by atoms with E-state index in [1.54, 1.807) is 0 Å². The van der Waals surface area contributed by atoms with Gasteiger partial charge in [-0.15, -0.1) is 0 Å². The molecular formula is C17H31N3O3S. The van der Waals surface area contributed by atoms with Crippen LogP contribution in [0.1, 0.15) is 46.0 Å². The van der Waals surface area contributed by atoms with Gasteiger partial charge >= 0.3 is 6.03 Å². The number of hydrogen-bond donors (Lipinski definition) is 3. The molecule has 24 heavy (non-hydrogen) atoms. The number of unbranched alkanes of at least 4 members (excludes halogenated alkanes) is 1. The van der Waals surface area contributed by atoms with Crippen LogP contribution in [-0.2, 0) is 9.53 Å². The van der Waals surface area contributed by atoms with Gasteiger partial charge in [0.25, 0.3) is 0 Å². The smallest absolute Gasteiger partial charge is 0.315 e. The van der Waals surface area contributed by atoms with Gasteiger partial charge in [-0.25, -0.2) is 4.79 Å². The molecule has 138 valence electrons. The van der Waals surface area contributed by atoms with Crippen LogP contribution < -0.4 is 16.0 Å². The van der Waals surface area contributed by atoms with Crippen molar-refractivity contribution in [3.05, 3.63) is 0 Å². The van der Waals surface area contributed by atoms with E-state index in [0.29, 0.717) is 30.7 Å². The van der Waals surface area contributed by atoms with Crippen LogP contribution in [0.15, 0.2) is 0 Å². The van der Waals surface area contributed by atoms with Crippen molar-refractivity contribution in [2.45, 2.75) is 63.3 Å². The standard InChI is InChI=1S/C17H31N3O3S/c1-12(2)7-9-23-10-8-18-15(21)6-4-3-5-14-16-13(11-24-14)19-17(22)20-16/h12-14,16H,3-11H2,1-2H3,(H,18,21)(H2,19,20,22). The molecule has 2 fully saturated rings. The van der Waals surface area contributed by atoms with E-state index in [9.17, 15) is 9.59 Å². The molecule has 2 aliphatic rings. The topological polar surface area (TPSA) is 79.5 Å². The summed E-state index contributed by atoms with van der Waals surface area (Å²) in [5.41, 5.74) is 0. The fourth-order valence-electron chi connectivity index (χ4n) is 3.05. The van der Waals surface area contributed by atoms with E-state index in [0.717, 1.165) is 38.0 Å². The number of thioether (sulfide) groups is 1. The fraction of sp³-hybridized carbons (Fsp3) is 0.882. The largest absolute Gasteiger partial charge is 0.380 e. The number of nitrogens with one attached hydrogen (secondary N) is 3. The summed E-state index contributed by atoms with van der Waals surface area (Å²) >= 11 is 1.92. The molecule has 2 saturated heterocycles. The van der Waals surface area contributed by atoms with Gasteiger partial charge in [-0.3, -0.25) is 4.79 Å². The van der Waals surface area contributed by atoms with Gasteiger partial charge in [0.1, 0.15) is 0 Å². The van der Waals surface area contributed by atoms with E-state index in [-0.39, 0.29) is 24.0 Å². The number of fused-ring (bicyclic) bond motifs is 1. The molecular weight excluding hydrogens is 326 g/mol. The Labute approximate surface area is 149 Å². The molecule has 6 nitrogen and oxygen atoms in total. The number of carbonyl (C=O) groups is 2. The van der Waals surface area contributed by atoms with Crippen LogP contribution in [0.3, 0.4) is 0 Å². The normalized spacial score (nSPS) is 25.5. The number of hydrogen-bond acceptors (Lipinski definition) is 4. The summed E-state index contributed by atoms with van der Waals surface area (Å²) in [6.45, 7) is 6.29. The minimum Gasteiger partial charge on any atom is -0.380 e. The quantitative estimate of drug-likeness (QED) is 0.390. The van der Waals surface area contributed by atoms with Crippen molar-refractivity contribution in [2.24, 2.45) is 5.92 Å². The molecule has 3 N–H and O–H groups in total. The lowest BCUT2D eigenvalue weighted by molar-refractivity contribution is -0.121. The summed E-state index contributed by atoms with van der Waals surface area (Å²) in [7, 11) is 0. The van der Waals surface area contributed by atoms with Gasteiger partial charge in [-0.2, -0.15) is 11.8 Å². The Kier molecular flexibility index (Phi) is 8.18. The summed E-state index contributed by atoms with van der Waals surface area (Å²) in [5, 5.41) is 9.34. The number of amides is 3. The number of rotatable bonds is 11. The lowest BCUT2D eigenvalue weighted by atomic mass is 10.0. The predicted molar refractivity (Wildman–Crippen MR) is 97.2 cm³/mol. The second-order valence-electron chi connectivity index (χ2n) is 7.01. The molecule has 0 saturated carbocycles. The Morgan fingerprint density at radius 3 is 2.96 bits per heavy atom. The third-order valence-electron chi connectivity index (χ3n) is 4.49. The molecule has 3 atom stereocenters. The Balaban J connectivity index is 1.44. The molecule has 0 aromatic rings. The van der Waals surface area contributed by atoms with Crippen molar-refractivity contribution < 1.29 is 14.3 Å². The van der Waals surface area contributed by atoms with E-state index in [4.69, 9.17) is 4.74 Å². The maximum absolute atomic E-state index is 11.8. The summed E-state index contributed by atoms with van der Waals surface area (Å²) in [4.78, 5) is 23.1. The van der Waals surface area contributed by atoms with Crippen LogP contribution in [0, 0.1) is 5.92 Å². The second-order valence-corrected chi connectivity index (χ2v) is 8.28. The van der Waals surface area contributed by atoms with E-state index >= 15 is 0 Å². The molecule has 2 rings (SSSR count). The van der Waals surface area contributed by atoms with Crippen LogP contribution in [0.2, 0.25) is 0 Å². The molecule has 2 aliphatic heterocycles. The van der Waals surface area contributed by atoms with Crippen LogP contribution >= 0.6 is 11.8 Å². The molecule has 7 heteroatoms. The van der Waals surface area contributed by atoms with E-state index in [1.807, 2.05) is 11.8 Å². The highest BCUT2D eigenvalue weighted by molar-refractivity contribution is 8.00. The molecule has 0 bridgehead atoms. The van der Waals surface area contributed by atoms with Gasteiger partial charge < -0.3 is 20.7 Å². The fourth-order valence-corrected chi connectivity index (χ4v) is 4.59. The van der Waals surface area contributed by atoms with E-state index in [1.165, 1.54) is 0 Å². The van der Waals surface area contributed by atoms with Crippen molar-refractivity contribution in [3.8, 4) is 0 Å². The number of urea groups is 1. The maximum Gasteiger partial charge on any atom is 0.315 e. The van der Waals surface area contributed by atoms with Gasteiger partial charge in [0.15, 0.2) is 0 Å². The summed E-state index contributed by atoms with van der Waals surface area (Å²) in [6, 6.07) is 0.510. The zero-order valence-electron chi connectivity index (χ0n) is 14.8. The second kappa shape index (κ2) is 10.1. The third-order valence-corrected chi connectivity index (χ3v) is 6.00. The first kappa shape index (κ1) is 19.4. The average Bonchev–Trinajstić information content (AvgIpc) is 3.06. The average molecular weight is 358 g/mol. The maximum atomic E-state index is 11.8. The molecule has 3 unspecified atom stereocenters. The summed E-state index contributed by atoms with van der Waals surface area (Å²) < 4.78 is 5.48. The van der Waals surface area contributed by atoms with Gasteiger partial charge in [0.2, 0.25) is 5.91 Å². The van der Waals surface area contributed by atoms with Crippen LogP contribution in [0.4, 0.5) is 4.79 Å². The Bertz CT molecular complexity index is 420. The van der Waals surface area contributed by atoms with E-state index < -0.39 is 0 Å². The minimum atomic E-state index is -0.0368. The van der Waals surface area contributed by atoms with Crippen LogP contribution in [-0.4, -0.2) is 54.8 Å². The van der Waals surface area contributed by atoms with Crippen molar-refractivity contribution in [2.75, 3.05) is 25.5 Å². The molecule has 0 aromatic heterocycles. The monoisotopic (exact) mass is 357 g/mol. The first-order valence-electron chi connectivity index (χ1n) is 9.09. The minimum absolute atomic E-state index is 0.0368. The van der Waals surface area contributed by atoms with Crippen LogP contribution in [0.25, 0.3) is 0 Å². The summed E-state index contributed by atoms with van der Waals surface area (Å²) in [5.74, 6) is 1.75. The van der Waals surface area contributed by atoms with E-state index in [2.05, 4.69) is 29.8 Å². The molecule has 0 aromatic carbocycles. The zero-order valence-corrected chi connectivity index (χ0v) is 15.6. The summed E-state index contributed by atoms with van der Waals surface area (Å²) in [6.07, 6.45) is 4.61. The number of carbonyl (C=O) groups excluding carboxylic acids is 2. The van der Waals surface area contributed by atoms with Gasteiger partial charge in [0.05, 0.1) is 18.7 Å². The lowest BCUT2D eigenvalue weighted by Crippen LogP contribution is -2.36. The molecule has 0 radical (unpaired) electrons. The highest BCUT2D eigenvalue weighted by atomic mass is 32.2. The first-order valence-corrected chi connectivity index (χ1v) is 10.1. The van der Waals surface area contributed by atoms with Crippen LogP contribution in [0.5, 0.6) is 0 Å². The van der Waals surface area contributed by atoms with Crippen molar-refractivity contribution >= 4 is 23.7 Å². The Hall–Kier alpha value is -0.950. The molecule has 0 spiro atoms. The van der Waals surface area contributed by atoms with Crippen molar-refractivity contribution in [3.63, 3.8) is 0 Å². The van der Waals surface area contributed by atoms with Crippen molar-refractivity contribution in [1.29, 1.82) is 0 Å². The van der Waals surface area contributed by atoms with Gasteiger partial charge in [-0.1, -0.05) is 20.3 Å². The highest BCUT2D eigenvalue weighted by Crippen LogP contribution is 2.33. The van der Waals surface area contributed by atoms with Crippen molar-refractivity contribution in [1.82, 2.24) is 16.0 Å². The first-order chi connectivity index (χ1) is 11.6. The zero-order chi connectivity index (χ0) is 17.4. The molecule has 3 amide bonds. The molecule has 0 aliphatic carbocycles. The molecule has 2 heterocycles. The Morgan fingerprint density at radius 1 is 1.33 bits per heavy atom. The van der Waals surface area contributed by atoms with Gasteiger partial charge in [0, 0.05) is 30.6 Å². The predicted octanol–water partition coefficient (Wildman–Crippen LogP) is 1.89. The number of ether oxygens (including phenoxy) is 1. The Morgan fingerprint density at radius 2 is 2.17 bits per heavy atom. The SMILES string of the molecule is CC(C)CCOCCNC(=O)CCCCC1SCC2NC(=O)NC21. The lowest BCUT2D eigenvalue weighted by Gasteiger charge is -2.16. The van der Waals surface area contributed by atoms with Gasteiger partial charge in [-0.05, 0) is 25.2 Å².